The molecular weight excluding hydrogens is 386 g/mol. The smallest absolute Gasteiger partial charge is 0.262 e. The molecule has 3 aromatic rings. The fourth-order valence-corrected chi connectivity index (χ4v) is 3.97. The number of carbonyl (C=O) groups excluding carboxylic acids is 1. The molecule has 0 spiro atoms. The second kappa shape index (κ2) is 9.26. The van der Waals surface area contributed by atoms with Gasteiger partial charge in [0.15, 0.2) is 5.16 Å². The standard InChI is InChI=1S/C21H27N5O2S/c1-5-13-25-20(28)16-9-7-8-10-17(16)23-21(25)29-15(4)19(27)24-18-11-12-22-26(18)14(3)6-2/h7-12,14-15H,5-6,13H2,1-4H3,(H,24,27)/t14-,15+/m0/s1. The van der Waals surface area contributed by atoms with Gasteiger partial charge in [-0.15, -0.1) is 0 Å². The van der Waals surface area contributed by atoms with E-state index >= 15 is 0 Å². The van der Waals surface area contributed by atoms with E-state index in [2.05, 4.69) is 29.2 Å². The third-order valence-corrected chi connectivity index (χ3v) is 5.95. The maximum absolute atomic E-state index is 12.9. The average molecular weight is 414 g/mol. The molecule has 8 heteroatoms. The molecule has 0 aliphatic heterocycles. The first-order valence-corrected chi connectivity index (χ1v) is 10.8. The second-order valence-electron chi connectivity index (χ2n) is 7.04. The minimum atomic E-state index is -0.425. The first-order chi connectivity index (χ1) is 14.0. The van der Waals surface area contributed by atoms with E-state index in [0.29, 0.717) is 28.4 Å². The van der Waals surface area contributed by atoms with Gasteiger partial charge in [-0.2, -0.15) is 5.10 Å². The molecule has 7 nitrogen and oxygen atoms in total. The summed E-state index contributed by atoms with van der Waals surface area (Å²) in [5, 5.41) is 8.00. The van der Waals surface area contributed by atoms with Crippen LogP contribution in [0, 0.1) is 0 Å². The van der Waals surface area contributed by atoms with E-state index in [1.807, 2.05) is 36.7 Å². The van der Waals surface area contributed by atoms with Crippen LogP contribution in [-0.4, -0.2) is 30.5 Å². The van der Waals surface area contributed by atoms with Crippen molar-refractivity contribution in [3.05, 3.63) is 46.9 Å². The van der Waals surface area contributed by atoms with Crippen LogP contribution >= 0.6 is 11.8 Å². The Morgan fingerprint density at radius 3 is 2.69 bits per heavy atom. The molecule has 2 atom stereocenters. The van der Waals surface area contributed by atoms with E-state index in [1.54, 1.807) is 22.9 Å². The van der Waals surface area contributed by atoms with Gasteiger partial charge in [0.1, 0.15) is 5.82 Å². The van der Waals surface area contributed by atoms with Crippen molar-refractivity contribution in [1.29, 1.82) is 0 Å². The molecule has 0 fully saturated rings. The van der Waals surface area contributed by atoms with Gasteiger partial charge in [0.05, 0.1) is 28.4 Å². The lowest BCUT2D eigenvalue weighted by Crippen LogP contribution is -2.28. The predicted octanol–water partition coefficient (Wildman–Crippen LogP) is 4.09. The molecule has 0 unspecified atom stereocenters. The normalized spacial score (nSPS) is 13.4. The maximum atomic E-state index is 12.9. The topological polar surface area (TPSA) is 81.8 Å². The Morgan fingerprint density at radius 2 is 1.97 bits per heavy atom. The molecule has 29 heavy (non-hydrogen) atoms. The molecule has 1 amide bonds. The summed E-state index contributed by atoms with van der Waals surface area (Å²) in [6, 6.07) is 9.30. The highest BCUT2D eigenvalue weighted by atomic mass is 32.2. The van der Waals surface area contributed by atoms with Crippen LogP contribution in [0.25, 0.3) is 10.9 Å². The Morgan fingerprint density at radius 1 is 1.21 bits per heavy atom. The van der Waals surface area contributed by atoms with E-state index < -0.39 is 5.25 Å². The summed E-state index contributed by atoms with van der Waals surface area (Å²) in [5.74, 6) is 0.528. The number of para-hydroxylation sites is 1. The van der Waals surface area contributed by atoms with Crippen LogP contribution in [0.3, 0.4) is 0 Å². The fraction of sp³-hybridized carbons (Fsp3) is 0.429. The van der Waals surface area contributed by atoms with Gasteiger partial charge in [0.25, 0.3) is 5.56 Å². The summed E-state index contributed by atoms with van der Waals surface area (Å²) < 4.78 is 3.48. The lowest BCUT2D eigenvalue weighted by atomic mass is 10.2. The van der Waals surface area contributed by atoms with Gasteiger partial charge < -0.3 is 5.32 Å². The van der Waals surface area contributed by atoms with E-state index in [0.717, 1.165) is 12.8 Å². The minimum Gasteiger partial charge on any atom is -0.310 e. The molecule has 0 radical (unpaired) electrons. The Balaban J connectivity index is 1.85. The van der Waals surface area contributed by atoms with Crippen molar-refractivity contribution in [1.82, 2.24) is 19.3 Å². The molecule has 0 aliphatic rings. The van der Waals surface area contributed by atoms with Crippen molar-refractivity contribution < 1.29 is 4.79 Å². The maximum Gasteiger partial charge on any atom is 0.262 e. The number of hydrogen-bond acceptors (Lipinski definition) is 5. The molecule has 2 heterocycles. The van der Waals surface area contributed by atoms with Crippen molar-refractivity contribution in [2.24, 2.45) is 0 Å². The van der Waals surface area contributed by atoms with Crippen molar-refractivity contribution in [3.63, 3.8) is 0 Å². The Labute approximate surface area is 174 Å². The average Bonchev–Trinajstić information content (AvgIpc) is 3.18. The number of hydrogen-bond donors (Lipinski definition) is 1. The number of amides is 1. The van der Waals surface area contributed by atoms with Crippen molar-refractivity contribution >= 4 is 34.4 Å². The zero-order valence-electron chi connectivity index (χ0n) is 17.3. The Hall–Kier alpha value is -2.61. The molecule has 1 N–H and O–H groups in total. The van der Waals surface area contributed by atoms with Gasteiger partial charge in [-0.05, 0) is 38.8 Å². The van der Waals surface area contributed by atoms with Crippen molar-refractivity contribution in [2.45, 2.75) is 63.5 Å². The summed E-state index contributed by atoms with van der Waals surface area (Å²) in [7, 11) is 0. The van der Waals surface area contributed by atoms with Crippen LogP contribution in [0.4, 0.5) is 5.82 Å². The van der Waals surface area contributed by atoms with Crippen LogP contribution < -0.4 is 10.9 Å². The van der Waals surface area contributed by atoms with Gasteiger partial charge in [-0.3, -0.25) is 14.2 Å². The summed E-state index contributed by atoms with van der Waals surface area (Å²) in [5.41, 5.74) is 0.581. The largest absolute Gasteiger partial charge is 0.310 e. The van der Waals surface area contributed by atoms with Gasteiger partial charge >= 0.3 is 0 Å². The summed E-state index contributed by atoms with van der Waals surface area (Å²) in [6.07, 6.45) is 3.41. The monoisotopic (exact) mass is 413 g/mol. The number of anilines is 1. The molecule has 0 saturated carbocycles. The third kappa shape index (κ3) is 4.53. The number of aromatic nitrogens is 4. The molecule has 154 valence electrons. The number of rotatable bonds is 8. The number of benzene rings is 1. The molecular formula is C21H27N5O2S. The predicted molar refractivity (Wildman–Crippen MR) is 117 cm³/mol. The van der Waals surface area contributed by atoms with E-state index in [4.69, 9.17) is 0 Å². The quantitative estimate of drug-likeness (QED) is 0.444. The first-order valence-electron chi connectivity index (χ1n) is 9.96. The SMILES string of the molecule is CCCn1c(S[C@H](C)C(=O)Nc2ccnn2[C@@H](C)CC)nc2ccccc2c1=O. The van der Waals surface area contributed by atoms with Crippen LogP contribution in [0.15, 0.2) is 46.5 Å². The highest BCUT2D eigenvalue weighted by molar-refractivity contribution is 8.00. The third-order valence-electron chi connectivity index (χ3n) is 4.86. The first kappa shape index (κ1) is 21.1. The molecule has 0 saturated heterocycles. The van der Waals surface area contributed by atoms with Gasteiger partial charge in [0, 0.05) is 12.6 Å². The second-order valence-corrected chi connectivity index (χ2v) is 8.34. The lowest BCUT2D eigenvalue weighted by Gasteiger charge is -2.17. The summed E-state index contributed by atoms with van der Waals surface area (Å²) in [4.78, 5) is 30.4. The van der Waals surface area contributed by atoms with E-state index in [9.17, 15) is 9.59 Å². The number of thioether (sulfide) groups is 1. The van der Waals surface area contributed by atoms with Crippen LogP contribution in [-0.2, 0) is 11.3 Å². The molecule has 3 rings (SSSR count). The lowest BCUT2D eigenvalue weighted by molar-refractivity contribution is -0.115. The minimum absolute atomic E-state index is 0.0672. The number of nitrogens with one attached hydrogen (secondary N) is 1. The molecule has 2 aromatic heterocycles. The molecule has 0 bridgehead atoms. The highest BCUT2D eigenvalue weighted by Crippen LogP contribution is 2.24. The summed E-state index contributed by atoms with van der Waals surface area (Å²) >= 11 is 1.30. The Bertz CT molecular complexity index is 1060. The van der Waals surface area contributed by atoms with Gasteiger partial charge in [-0.1, -0.05) is 37.7 Å². The number of carbonyl (C=O) groups is 1. The molecule has 0 aliphatic carbocycles. The molecule has 1 aromatic carbocycles. The van der Waals surface area contributed by atoms with Gasteiger partial charge in [-0.25, -0.2) is 9.67 Å². The summed E-state index contributed by atoms with van der Waals surface area (Å²) in [6.45, 7) is 8.54. The van der Waals surface area contributed by atoms with Crippen LogP contribution in [0.1, 0.15) is 46.6 Å². The van der Waals surface area contributed by atoms with Gasteiger partial charge in [0.2, 0.25) is 5.91 Å². The number of fused-ring (bicyclic) bond motifs is 1. The Kier molecular flexibility index (Phi) is 6.74. The highest BCUT2D eigenvalue weighted by Gasteiger charge is 2.21. The zero-order valence-corrected chi connectivity index (χ0v) is 18.1. The van der Waals surface area contributed by atoms with Crippen molar-refractivity contribution in [2.75, 3.05) is 5.32 Å². The fourth-order valence-electron chi connectivity index (χ4n) is 3.04. The van der Waals surface area contributed by atoms with Crippen molar-refractivity contribution in [3.8, 4) is 0 Å². The van der Waals surface area contributed by atoms with Crippen LogP contribution in [0.5, 0.6) is 0 Å². The number of nitrogens with zero attached hydrogens (tertiary/aromatic N) is 4. The van der Waals surface area contributed by atoms with Crippen LogP contribution in [0.2, 0.25) is 0 Å². The van der Waals surface area contributed by atoms with E-state index in [1.165, 1.54) is 11.8 Å². The van der Waals surface area contributed by atoms with E-state index in [-0.39, 0.29) is 17.5 Å². The zero-order chi connectivity index (χ0) is 21.0.